The standard InChI is InChI=1S/C12H14N2O2/c15-11-7-6-9(12(16)14-11)8-13-10-4-2-1-3-5-10/h1-5,9,13H,6-8H2,(H,14,15,16). The molecule has 0 bridgehead atoms. The third-order valence-corrected chi connectivity index (χ3v) is 2.68. The molecule has 0 spiro atoms. The lowest BCUT2D eigenvalue weighted by Gasteiger charge is -2.21. The molecule has 1 aromatic rings. The summed E-state index contributed by atoms with van der Waals surface area (Å²) in [5, 5.41) is 5.54. The zero-order valence-corrected chi connectivity index (χ0v) is 8.90. The third kappa shape index (κ3) is 2.59. The van der Waals surface area contributed by atoms with Gasteiger partial charge >= 0.3 is 0 Å². The Morgan fingerprint density at radius 2 is 2.00 bits per heavy atom. The van der Waals surface area contributed by atoms with E-state index in [0.29, 0.717) is 19.4 Å². The van der Waals surface area contributed by atoms with Crippen LogP contribution in [-0.4, -0.2) is 18.4 Å². The molecule has 16 heavy (non-hydrogen) atoms. The maximum absolute atomic E-state index is 11.5. The fourth-order valence-corrected chi connectivity index (χ4v) is 1.73. The zero-order chi connectivity index (χ0) is 11.4. The van der Waals surface area contributed by atoms with E-state index in [2.05, 4.69) is 10.6 Å². The molecule has 1 atom stereocenters. The number of carbonyl (C=O) groups is 2. The van der Waals surface area contributed by atoms with Crippen molar-refractivity contribution < 1.29 is 9.59 Å². The predicted molar refractivity (Wildman–Crippen MR) is 60.8 cm³/mol. The Labute approximate surface area is 94.0 Å². The van der Waals surface area contributed by atoms with Gasteiger partial charge in [0.15, 0.2) is 0 Å². The van der Waals surface area contributed by atoms with Crippen molar-refractivity contribution in [2.24, 2.45) is 5.92 Å². The number of rotatable bonds is 3. The van der Waals surface area contributed by atoms with Gasteiger partial charge in [0.05, 0.1) is 5.92 Å². The summed E-state index contributed by atoms with van der Waals surface area (Å²) in [4.78, 5) is 22.4. The number of hydrogen-bond donors (Lipinski definition) is 2. The molecule has 1 fully saturated rings. The van der Waals surface area contributed by atoms with Gasteiger partial charge in [-0.1, -0.05) is 18.2 Å². The van der Waals surface area contributed by atoms with Crippen LogP contribution in [0.25, 0.3) is 0 Å². The van der Waals surface area contributed by atoms with Gasteiger partial charge in [0.2, 0.25) is 11.8 Å². The average Bonchev–Trinajstić information content (AvgIpc) is 2.29. The number of piperidine rings is 1. The van der Waals surface area contributed by atoms with E-state index >= 15 is 0 Å². The van der Waals surface area contributed by atoms with Crippen molar-refractivity contribution in [3.05, 3.63) is 30.3 Å². The highest BCUT2D eigenvalue weighted by atomic mass is 16.2. The van der Waals surface area contributed by atoms with Gasteiger partial charge in [-0.05, 0) is 18.6 Å². The molecule has 4 heteroatoms. The molecule has 1 aliphatic rings. The number of imide groups is 1. The van der Waals surface area contributed by atoms with Crippen molar-refractivity contribution in [3.8, 4) is 0 Å². The normalized spacial score (nSPS) is 20.4. The monoisotopic (exact) mass is 218 g/mol. The number of anilines is 1. The summed E-state index contributed by atoms with van der Waals surface area (Å²) in [6.07, 6.45) is 1.07. The van der Waals surface area contributed by atoms with Crippen LogP contribution in [0.15, 0.2) is 30.3 Å². The summed E-state index contributed by atoms with van der Waals surface area (Å²) < 4.78 is 0. The molecule has 2 rings (SSSR count). The Balaban J connectivity index is 1.87. The summed E-state index contributed by atoms with van der Waals surface area (Å²) in [5.74, 6) is -0.446. The summed E-state index contributed by atoms with van der Waals surface area (Å²) in [6, 6.07) is 9.72. The second-order valence-electron chi connectivity index (χ2n) is 3.89. The molecule has 4 nitrogen and oxygen atoms in total. The number of carbonyl (C=O) groups excluding carboxylic acids is 2. The molecule has 2 amide bonds. The molecule has 84 valence electrons. The summed E-state index contributed by atoms with van der Waals surface area (Å²) in [5.41, 5.74) is 0.993. The van der Waals surface area contributed by atoms with E-state index in [0.717, 1.165) is 5.69 Å². The van der Waals surface area contributed by atoms with Crippen LogP contribution in [0, 0.1) is 5.92 Å². The molecule has 1 heterocycles. The Morgan fingerprint density at radius 3 is 2.69 bits per heavy atom. The van der Waals surface area contributed by atoms with Crippen molar-refractivity contribution in [3.63, 3.8) is 0 Å². The van der Waals surface area contributed by atoms with Gasteiger partial charge in [-0.2, -0.15) is 0 Å². The van der Waals surface area contributed by atoms with E-state index in [9.17, 15) is 9.59 Å². The fraction of sp³-hybridized carbons (Fsp3) is 0.333. The average molecular weight is 218 g/mol. The first-order valence-electron chi connectivity index (χ1n) is 5.38. The van der Waals surface area contributed by atoms with E-state index in [-0.39, 0.29) is 17.7 Å². The van der Waals surface area contributed by atoms with Gasteiger partial charge < -0.3 is 5.32 Å². The first-order chi connectivity index (χ1) is 7.75. The Bertz CT molecular complexity index is 389. The van der Waals surface area contributed by atoms with Crippen molar-refractivity contribution >= 4 is 17.5 Å². The number of amides is 2. The molecular formula is C12H14N2O2. The second-order valence-corrected chi connectivity index (χ2v) is 3.89. The lowest BCUT2D eigenvalue weighted by atomic mass is 9.98. The van der Waals surface area contributed by atoms with Crippen LogP contribution in [0.1, 0.15) is 12.8 Å². The third-order valence-electron chi connectivity index (χ3n) is 2.68. The summed E-state index contributed by atoms with van der Waals surface area (Å²) >= 11 is 0. The minimum atomic E-state index is -0.167. The van der Waals surface area contributed by atoms with Gasteiger partial charge in [-0.15, -0.1) is 0 Å². The van der Waals surface area contributed by atoms with Gasteiger partial charge in [-0.3, -0.25) is 14.9 Å². The van der Waals surface area contributed by atoms with Crippen molar-refractivity contribution in [1.82, 2.24) is 5.32 Å². The molecule has 0 radical (unpaired) electrons. The maximum Gasteiger partial charge on any atom is 0.231 e. The van der Waals surface area contributed by atoms with Crippen molar-refractivity contribution in [1.29, 1.82) is 0 Å². The number of hydrogen-bond acceptors (Lipinski definition) is 3. The summed E-state index contributed by atoms with van der Waals surface area (Å²) in [6.45, 7) is 0.573. The predicted octanol–water partition coefficient (Wildman–Crippen LogP) is 1.15. The Hall–Kier alpha value is -1.84. The minimum Gasteiger partial charge on any atom is -0.384 e. The largest absolute Gasteiger partial charge is 0.384 e. The van der Waals surface area contributed by atoms with Crippen LogP contribution < -0.4 is 10.6 Å². The lowest BCUT2D eigenvalue weighted by Crippen LogP contribution is -2.43. The Morgan fingerprint density at radius 1 is 1.25 bits per heavy atom. The molecule has 1 unspecified atom stereocenters. The van der Waals surface area contributed by atoms with E-state index in [1.165, 1.54) is 0 Å². The summed E-state index contributed by atoms with van der Waals surface area (Å²) in [7, 11) is 0. The number of benzene rings is 1. The molecule has 2 N–H and O–H groups in total. The highest BCUT2D eigenvalue weighted by Crippen LogP contribution is 2.14. The highest BCUT2D eigenvalue weighted by molar-refractivity contribution is 5.98. The Kier molecular flexibility index (Phi) is 3.19. The van der Waals surface area contributed by atoms with E-state index in [1.54, 1.807) is 0 Å². The molecule has 1 saturated heterocycles. The maximum atomic E-state index is 11.5. The van der Waals surface area contributed by atoms with Crippen LogP contribution >= 0.6 is 0 Å². The van der Waals surface area contributed by atoms with Gasteiger partial charge in [0.25, 0.3) is 0 Å². The van der Waals surface area contributed by atoms with Crippen LogP contribution in [0.3, 0.4) is 0 Å². The van der Waals surface area contributed by atoms with E-state index in [1.807, 2.05) is 30.3 Å². The molecule has 0 aliphatic carbocycles. The van der Waals surface area contributed by atoms with Gasteiger partial charge in [-0.25, -0.2) is 0 Å². The SMILES string of the molecule is O=C1CCC(CNc2ccccc2)C(=O)N1. The first-order valence-corrected chi connectivity index (χ1v) is 5.38. The first kappa shape index (κ1) is 10.7. The molecule has 0 aromatic heterocycles. The van der Waals surface area contributed by atoms with Crippen LogP contribution in [0.2, 0.25) is 0 Å². The van der Waals surface area contributed by atoms with Gasteiger partial charge in [0, 0.05) is 18.7 Å². The minimum absolute atomic E-state index is 0.113. The fourth-order valence-electron chi connectivity index (χ4n) is 1.73. The number of para-hydroxylation sites is 1. The topological polar surface area (TPSA) is 58.2 Å². The van der Waals surface area contributed by atoms with Crippen LogP contribution in [-0.2, 0) is 9.59 Å². The quantitative estimate of drug-likeness (QED) is 0.748. The molecule has 1 aliphatic heterocycles. The molecular weight excluding hydrogens is 204 g/mol. The number of nitrogens with one attached hydrogen (secondary N) is 2. The molecule has 1 aromatic carbocycles. The smallest absolute Gasteiger partial charge is 0.231 e. The van der Waals surface area contributed by atoms with Gasteiger partial charge in [0.1, 0.15) is 0 Å². The van der Waals surface area contributed by atoms with Crippen molar-refractivity contribution in [2.75, 3.05) is 11.9 Å². The highest BCUT2D eigenvalue weighted by Gasteiger charge is 2.25. The zero-order valence-electron chi connectivity index (χ0n) is 8.90. The van der Waals surface area contributed by atoms with Crippen LogP contribution in [0.5, 0.6) is 0 Å². The van der Waals surface area contributed by atoms with E-state index in [4.69, 9.17) is 0 Å². The molecule has 0 saturated carbocycles. The van der Waals surface area contributed by atoms with Crippen LogP contribution in [0.4, 0.5) is 5.69 Å². The lowest BCUT2D eigenvalue weighted by molar-refractivity contribution is -0.135. The van der Waals surface area contributed by atoms with Crippen molar-refractivity contribution in [2.45, 2.75) is 12.8 Å². The second kappa shape index (κ2) is 4.79. The van der Waals surface area contributed by atoms with E-state index < -0.39 is 0 Å².